The lowest BCUT2D eigenvalue weighted by Crippen LogP contribution is -2.37. The Hall–Kier alpha value is -3.90. The molecule has 33 heavy (non-hydrogen) atoms. The lowest BCUT2D eigenvalue weighted by Gasteiger charge is -2.29. The first-order chi connectivity index (χ1) is 16.0. The van der Waals surface area contributed by atoms with Crippen molar-refractivity contribution in [3.63, 3.8) is 0 Å². The van der Waals surface area contributed by atoms with Gasteiger partial charge in [-0.05, 0) is 44.2 Å². The summed E-state index contributed by atoms with van der Waals surface area (Å²) >= 11 is 0. The first-order valence-electron chi connectivity index (χ1n) is 11.1. The van der Waals surface area contributed by atoms with Crippen LogP contribution in [0.3, 0.4) is 0 Å². The topological polar surface area (TPSA) is 65.6 Å². The van der Waals surface area contributed by atoms with Crippen LogP contribution in [0.2, 0.25) is 0 Å². The predicted molar refractivity (Wildman–Crippen MR) is 127 cm³/mol. The first kappa shape index (κ1) is 19.8. The second-order valence-electron chi connectivity index (χ2n) is 8.71. The van der Waals surface area contributed by atoms with Gasteiger partial charge in [-0.25, -0.2) is 9.96 Å². The summed E-state index contributed by atoms with van der Waals surface area (Å²) in [6.45, 7) is 3.98. The Bertz CT molecular complexity index is 1380. The van der Waals surface area contributed by atoms with Gasteiger partial charge in [-0.3, -0.25) is 14.4 Å². The molecule has 3 heterocycles. The van der Waals surface area contributed by atoms with E-state index in [1.165, 1.54) is 4.90 Å². The van der Waals surface area contributed by atoms with Crippen molar-refractivity contribution in [3.8, 4) is 0 Å². The molecular weight excluding hydrogens is 414 g/mol. The third-order valence-corrected chi connectivity index (χ3v) is 6.66. The molecule has 2 saturated heterocycles. The van der Waals surface area contributed by atoms with Gasteiger partial charge in [0.25, 0.3) is 5.91 Å². The average Bonchev–Trinajstić information content (AvgIpc) is 3.44. The Balaban J connectivity index is 1.51. The molecule has 3 atom stereocenters. The van der Waals surface area contributed by atoms with E-state index in [4.69, 9.17) is 4.84 Å². The highest BCUT2D eigenvalue weighted by Crippen LogP contribution is 2.49. The number of aryl methyl sites for hydroxylation is 2. The van der Waals surface area contributed by atoms with Crippen molar-refractivity contribution in [2.75, 3.05) is 9.96 Å². The number of carbonyl (C=O) groups is 2. The van der Waals surface area contributed by atoms with Crippen molar-refractivity contribution >= 4 is 34.1 Å². The average molecular weight is 437 g/mol. The van der Waals surface area contributed by atoms with Gasteiger partial charge < -0.3 is 4.98 Å². The van der Waals surface area contributed by atoms with E-state index in [9.17, 15) is 9.59 Å². The van der Waals surface area contributed by atoms with E-state index in [1.807, 2.05) is 92.7 Å². The van der Waals surface area contributed by atoms with Gasteiger partial charge in [0.1, 0.15) is 5.92 Å². The van der Waals surface area contributed by atoms with Crippen LogP contribution in [0, 0.1) is 19.8 Å². The normalized spacial score (nSPS) is 22.4. The lowest BCUT2D eigenvalue weighted by atomic mass is 9.89. The van der Waals surface area contributed by atoms with Crippen LogP contribution in [0.4, 0.5) is 11.4 Å². The molecule has 164 valence electrons. The fourth-order valence-electron chi connectivity index (χ4n) is 5.13. The zero-order chi connectivity index (χ0) is 22.7. The molecule has 4 aromatic rings. The van der Waals surface area contributed by atoms with Crippen LogP contribution in [0.25, 0.3) is 10.9 Å². The molecule has 0 radical (unpaired) electrons. The minimum absolute atomic E-state index is 0.234. The number of hydrogen-bond donors (Lipinski definition) is 1. The Morgan fingerprint density at radius 2 is 1.48 bits per heavy atom. The van der Waals surface area contributed by atoms with Crippen molar-refractivity contribution in [3.05, 3.63) is 95.7 Å². The van der Waals surface area contributed by atoms with Crippen LogP contribution in [-0.4, -0.2) is 22.9 Å². The number of carbonyl (C=O) groups excluding carboxylic acids is 2. The maximum Gasteiger partial charge on any atom is 0.266 e. The number of rotatable bonds is 3. The van der Waals surface area contributed by atoms with Gasteiger partial charge in [-0.2, -0.15) is 0 Å². The standard InChI is InChI=1S/C27H23N3O3/c1-16-12-14-18(15-13-16)29-26(31)23-24(22-17(2)28-21-11-7-6-10-20(21)22)30(33-25(23)27(29)32)19-8-4-3-5-9-19/h3-15,23-25,28H,1-2H3/t23-,24-,25+/m1/s1. The lowest BCUT2D eigenvalue weighted by molar-refractivity contribution is -0.126. The van der Waals surface area contributed by atoms with Crippen molar-refractivity contribution in [2.24, 2.45) is 5.92 Å². The molecule has 0 unspecified atom stereocenters. The molecule has 0 aliphatic carbocycles. The smallest absolute Gasteiger partial charge is 0.266 e. The Labute approximate surface area is 191 Å². The third-order valence-electron chi connectivity index (χ3n) is 6.66. The molecule has 6 rings (SSSR count). The molecule has 2 aliphatic heterocycles. The van der Waals surface area contributed by atoms with Crippen molar-refractivity contribution < 1.29 is 14.4 Å². The van der Waals surface area contributed by atoms with E-state index in [1.54, 1.807) is 5.06 Å². The van der Waals surface area contributed by atoms with E-state index in [0.29, 0.717) is 5.69 Å². The van der Waals surface area contributed by atoms with E-state index < -0.39 is 18.1 Å². The summed E-state index contributed by atoms with van der Waals surface area (Å²) in [5, 5.41) is 2.78. The van der Waals surface area contributed by atoms with Crippen LogP contribution < -0.4 is 9.96 Å². The van der Waals surface area contributed by atoms with Gasteiger partial charge in [-0.1, -0.05) is 54.1 Å². The quantitative estimate of drug-likeness (QED) is 0.466. The van der Waals surface area contributed by atoms with E-state index in [0.717, 1.165) is 33.4 Å². The van der Waals surface area contributed by atoms with E-state index in [-0.39, 0.29) is 11.8 Å². The summed E-state index contributed by atoms with van der Waals surface area (Å²) in [5.41, 5.74) is 5.39. The number of fused-ring (bicyclic) bond motifs is 2. The molecule has 6 nitrogen and oxygen atoms in total. The fourth-order valence-corrected chi connectivity index (χ4v) is 5.13. The number of aromatic amines is 1. The number of H-pyrrole nitrogens is 1. The maximum absolute atomic E-state index is 13.8. The number of amides is 2. The zero-order valence-electron chi connectivity index (χ0n) is 18.4. The number of hydrogen-bond acceptors (Lipinski definition) is 4. The molecular formula is C27H23N3O3. The fraction of sp³-hybridized carbons (Fsp3) is 0.185. The van der Waals surface area contributed by atoms with Crippen molar-refractivity contribution in [2.45, 2.75) is 26.0 Å². The number of nitrogens with one attached hydrogen (secondary N) is 1. The van der Waals surface area contributed by atoms with Crippen LogP contribution in [0.1, 0.15) is 22.9 Å². The molecule has 0 saturated carbocycles. The number of aromatic nitrogens is 1. The number of para-hydroxylation sites is 2. The number of anilines is 2. The van der Waals surface area contributed by atoms with Crippen LogP contribution in [0.15, 0.2) is 78.9 Å². The number of nitrogens with zero attached hydrogens (tertiary/aromatic N) is 2. The molecule has 6 heteroatoms. The molecule has 2 fully saturated rings. The third kappa shape index (κ3) is 2.91. The van der Waals surface area contributed by atoms with Gasteiger partial charge in [0.05, 0.1) is 17.4 Å². The Morgan fingerprint density at radius 1 is 0.788 bits per heavy atom. The second kappa shape index (κ2) is 7.32. The first-order valence-corrected chi connectivity index (χ1v) is 11.1. The molecule has 2 aliphatic rings. The molecule has 0 bridgehead atoms. The summed E-state index contributed by atoms with van der Waals surface area (Å²) < 4.78 is 0. The van der Waals surface area contributed by atoms with Crippen molar-refractivity contribution in [1.29, 1.82) is 0 Å². The van der Waals surface area contributed by atoms with Crippen molar-refractivity contribution in [1.82, 2.24) is 4.98 Å². The number of imide groups is 1. The van der Waals surface area contributed by atoms with Gasteiger partial charge >= 0.3 is 0 Å². The summed E-state index contributed by atoms with van der Waals surface area (Å²) in [6, 6.07) is 24.7. The number of hydroxylamine groups is 1. The minimum atomic E-state index is -0.878. The van der Waals surface area contributed by atoms with E-state index >= 15 is 0 Å². The van der Waals surface area contributed by atoms with Gasteiger partial charge in [0.2, 0.25) is 5.91 Å². The summed E-state index contributed by atoms with van der Waals surface area (Å²) in [5.74, 6) is -1.21. The summed E-state index contributed by atoms with van der Waals surface area (Å²) in [7, 11) is 0. The molecule has 3 aromatic carbocycles. The number of benzene rings is 3. The predicted octanol–water partition coefficient (Wildman–Crippen LogP) is 4.84. The molecule has 1 aromatic heterocycles. The second-order valence-corrected chi connectivity index (χ2v) is 8.71. The monoisotopic (exact) mass is 437 g/mol. The van der Waals surface area contributed by atoms with Crippen LogP contribution in [0.5, 0.6) is 0 Å². The van der Waals surface area contributed by atoms with Crippen LogP contribution in [-0.2, 0) is 14.4 Å². The molecule has 2 amide bonds. The maximum atomic E-state index is 13.8. The van der Waals surface area contributed by atoms with E-state index in [2.05, 4.69) is 4.98 Å². The van der Waals surface area contributed by atoms with Gasteiger partial charge in [-0.15, -0.1) is 0 Å². The Kier molecular flexibility index (Phi) is 4.38. The summed E-state index contributed by atoms with van der Waals surface area (Å²) in [4.78, 5) is 38.3. The zero-order valence-corrected chi connectivity index (χ0v) is 18.4. The minimum Gasteiger partial charge on any atom is -0.358 e. The highest BCUT2D eigenvalue weighted by Gasteiger charge is 2.60. The highest BCUT2D eigenvalue weighted by atomic mass is 16.7. The Morgan fingerprint density at radius 3 is 2.24 bits per heavy atom. The summed E-state index contributed by atoms with van der Waals surface area (Å²) in [6.07, 6.45) is -0.878. The largest absolute Gasteiger partial charge is 0.358 e. The van der Waals surface area contributed by atoms with Gasteiger partial charge in [0, 0.05) is 22.2 Å². The van der Waals surface area contributed by atoms with Gasteiger partial charge in [0.15, 0.2) is 6.10 Å². The highest BCUT2D eigenvalue weighted by molar-refractivity contribution is 6.24. The SMILES string of the molecule is Cc1ccc(N2C(=O)[C@H]3[C@H](ON(c4ccccc4)[C@@H]3c3c(C)[nH]c4ccccc34)C2=O)cc1. The molecule has 0 spiro atoms. The molecule has 1 N–H and O–H groups in total. The van der Waals surface area contributed by atoms with Crippen LogP contribution >= 0.6 is 0 Å².